The smallest absolute Gasteiger partial charge is 0.305 e. The van der Waals surface area contributed by atoms with Crippen LogP contribution in [0.15, 0.2) is 0 Å². The van der Waals surface area contributed by atoms with Crippen molar-refractivity contribution in [2.45, 2.75) is 315 Å². The minimum Gasteiger partial charge on any atom is -0.466 e. The number of carbonyl (C=O) groups excluding carboxylic acids is 2. The summed E-state index contributed by atoms with van der Waals surface area (Å²) in [5, 5.41) is 23.2. The van der Waals surface area contributed by atoms with Crippen LogP contribution < -0.4 is 5.32 Å². The maximum Gasteiger partial charge on any atom is 0.305 e. The zero-order valence-electron chi connectivity index (χ0n) is 40.0. The van der Waals surface area contributed by atoms with Crippen LogP contribution in [0.3, 0.4) is 0 Å². The van der Waals surface area contributed by atoms with Crippen molar-refractivity contribution in [3.63, 3.8) is 0 Å². The number of amides is 1. The van der Waals surface area contributed by atoms with Crippen LogP contribution in [0, 0.1) is 0 Å². The van der Waals surface area contributed by atoms with E-state index in [1.54, 1.807) is 0 Å². The number of ether oxygens (including phenoxy) is 1. The molecule has 2 unspecified atom stereocenters. The molecule has 0 aromatic heterocycles. The van der Waals surface area contributed by atoms with Gasteiger partial charge in [0.1, 0.15) is 0 Å². The summed E-state index contributed by atoms with van der Waals surface area (Å²) >= 11 is 0. The molecule has 0 aromatic rings. The third kappa shape index (κ3) is 46.2. The van der Waals surface area contributed by atoms with Gasteiger partial charge in [-0.2, -0.15) is 0 Å². The monoisotopic (exact) mass is 836 g/mol. The van der Waals surface area contributed by atoms with Gasteiger partial charge < -0.3 is 20.3 Å². The summed E-state index contributed by atoms with van der Waals surface area (Å²) in [6, 6.07) is -0.559. The Kier molecular flexibility index (Phi) is 48.6. The van der Waals surface area contributed by atoms with E-state index in [1.807, 2.05) is 0 Å². The van der Waals surface area contributed by atoms with Gasteiger partial charge in [-0.05, 0) is 25.7 Å². The van der Waals surface area contributed by atoms with E-state index in [1.165, 1.54) is 212 Å². The van der Waals surface area contributed by atoms with Crippen molar-refractivity contribution in [2.75, 3.05) is 13.2 Å². The number of rotatable bonds is 50. The second-order valence-corrected chi connectivity index (χ2v) is 18.6. The van der Waals surface area contributed by atoms with Gasteiger partial charge in [0.2, 0.25) is 5.91 Å². The molecule has 6 heteroatoms. The lowest BCUT2D eigenvalue weighted by Crippen LogP contribution is -2.45. The van der Waals surface area contributed by atoms with Gasteiger partial charge in [-0.15, -0.1) is 0 Å². The van der Waals surface area contributed by atoms with E-state index in [4.69, 9.17) is 4.74 Å². The molecule has 3 N–H and O–H groups in total. The fourth-order valence-electron chi connectivity index (χ4n) is 8.52. The predicted octanol–water partition coefficient (Wildman–Crippen LogP) is 16.0. The van der Waals surface area contributed by atoms with Crippen molar-refractivity contribution in [2.24, 2.45) is 0 Å². The lowest BCUT2D eigenvalue weighted by atomic mass is 10.0. The summed E-state index contributed by atoms with van der Waals surface area (Å²) in [6.07, 6.45) is 55.0. The number of aliphatic hydroxyl groups is 2. The van der Waals surface area contributed by atoms with Crippen molar-refractivity contribution < 1.29 is 24.5 Å². The Labute approximate surface area is 368 Å². The molecule has 0 radical (unpaired) electrons. The summed E-state index contributed by atoms with van der Waals surface area (Å²) < 4.78 is 5.46. The standard InChI is InChI=1S/C53H105NO5/c1-3-5-7-9-11-13-15-17-19-21-23-25-27-31-35-39-43-47-53(58)59-48-44-40-36-32-28-30-34-38-42-46-52(57)54-50(49-55)51(56)45-41-37-33-29-26-24-22-20-18-16-14-12-10-8-6-4-2/h50-51,55-56H,3-49H2,1-2H3,(H,54,57). The molecular weight excluding hydrogens is 731 g/mol. The van der Waals surface area contributed by atoms with Crippen LogP contribution >= 0.6 is 0 Å². The van der Waals surface area contributed by atoms with Crippen molar-refractivity contribution in [1.29, 1.82) is 0 Å². The molecular formula is C53H105NO5. The molecule has 0 rings (SSSR count). The molecule has 0 aliphatic rings. The number of aliphatic hydroxyl groups excluding tert-OH is 2. The predicted molar refractivity (Wildman–Crippen MR) is 255 cm³/mol. The van der Waals surface area contributed by atoms with Gasteiger partial charge in [0, 0.05) is 12.8 Å². The van der Waals surface area contributed by atoms with Gasteiger partial charge >= 0.3 is 5.97 Å². The van der Waals surface area contributed by atoms with Crippen molar-refractivity contribution in [1.82, 2.24) is 5.32 Å². The van der Waals surface area contributed by atoms with Crippen LogP contribution in [0.25, 0.3) is 0 Å². The maximum absolute atomic E-state index is 12.5. The summed E-state index contributed by atoms with van der Waals surface area (Å²) in [5.74, 6) is -0.0794. The lowest BCUT2D eigenvalue weighted by molar-refractivity contribution is -0.143. The third-order valence-electron chi connectivity index (χ3n) is 12.7. The molecule has 2 atom stereocenters. The number of hydrogen-bond donors (Lipinski definition) is 3. The van der Waals surface area contributed by atoms with Gasteiger partial charge in [0.15, 0.2) is 0 Å². The van der Waals surface area contributed by atoms with E-state index >= 15 is 0 Å². The van der Waals surface area contributed by atoms with E-state index < -0.39 is 12.1 Å². The highest BCUT2D eigenvalue weighted by molar-refractivity contribution is 5.76. The summed E-state index contributed by atoms with van der Waals surface area (Å²) in [7, 11) is 0. The van der Waals surface area contributed by atoms with Crippen molar-refractivity contribution in [3.8, 4) is 0 Å². The van der Waals surface area contributed by atoms with E-state index in [-0.39, 0.29) is 18.5 Å². The Hall–Kier alpha value is -1.14. The largest absolute Gasteiger partial charge is 0.466 e. The fourth-order valence-corrected chi connectivity index (χ4v) is 8.52. The Balaban J connectivity index is 3.45. The Bertz CT molecular complexity index is 837. The SMILES string of the molecule is CCCCCCCCCCCCCCCCCCCC(=O)OCCCCCCCCCCCC(=O)NC(CO)C(O)CCCCCCCCCCCCCCCCCC. The van der Waals surface area contributed by atoms with E-state index in [0.717, 1.165) is 57.8 Å². The topological polar surface area (TPSA) is 95.9 Å². The quantitative estimate of drug-likeness (QED) is 0.0419. The highest BCUT2D eigenvalue weighted by Crippen LogP contribution is 2.17. The first-order valence-electron chi connectivity index (χ1n) is 26.8. The third-order valence-corrected chi connectivity index (χ3v) is 12.7. The summed E-state index contributed by atoms with van der Waals surface area (Å²) in [4.78, 5) is 24.5. The number of carbonyl (C=O) groups is 2. The Morgan fingerprint density at radius 2 is 0.695 bits per heavy atom. The molecule has 6 nitrogen and oxygen atoms in total. The molecule has 0 spiro atoms. The first kappa shape index (κ1) is 57.9. The normalized spacial score (nSPS) is 12.5. The number of unbranched alkanes of at least 4 members (excludes halogenated alkanes) is 39. The first-order chi connectivity index (χ1) is 29.0. The van der Waals surface area contributed by atoms with Gasteiger partial charge in [-0.1, -0.05) is 264 Å². The minimum atomic E-state index is -0.680. The second-order valence-electron chi connectivity index (χ2n) is 18.6. The van der Waals surface area contributed by atoms with Crippen LogP contribution in [0.2, 0.25) is 0 Å². The average Bonchev–Trinajstić information content (AvgIpc) is 3.24. The molecule has 0 aliphatic carbocycles. The van der Waals surface area contributed by atoms with Gasteiger partial charge in [0.25, 0.3) is 0 Å². The van der Waals surface area contributed by atoms with Crippen LogP contribution in [0.4, 0.5) is 0 Å². The highest BCUT2D eigenvalue weighted by atomic mass is 16.5. The summed E-state index contributed by atoms with van der Waals surface area (Å²) in [5.41, 5.74) is 0. The zero-order chi connectivity index (χ0) is 43.0. The van der Waals surface area contributed by atoms with E-state index in [9.17, 15) is 19.8 Å². The van der Waals surface area contributed by atoms with Crippen LogP contribution in [0.1, 0.15) is 303 Å². The Morgan fingerprint density at radius 3 is 1.03 bits per heavy atom. The molecule has 0 saturated heterocycles. The molecule has 0 aliphatic heterocycles. The fraction of sp³-hybridized carbons (Fsp3) is 0.962. The van der Waals surface area contributed by atoms with Gasteiger partial charge in [0.05, 0.1) is 25.4 Å². The number of nitrogens with one attached hydrogen (secondary N) is 1. The zero-order valence-corrected chi connectivity index (χ0v) is 40.0. The maximum atomic E-state index is 12.5. The lowest BCUT2D eigenvalue weighted by Gasteiger charge is -2.22. The molecule has 0 fully saturated rings. The van der Waals surface area contributed by atoms with E-state index in [2.05, 4.69) is 19.2 Å². The van der Waals surface area contributed by atoms with E-state index in [0.29, 0.717) is 25.9 Å². The highest BCUT2D eigenvalue weighted by Gasteiger charge is 2.20. The molecule has 352 valence electrons. The molecule has 0 saturated carbocycles. The van der Waals surface area contributed by atoms with Gasteiger partial charge in [-0.25, -0.2) is 0 Å². The Morgan fingerprint density at radius 1 is 0.407 bits per heavy atom. The van der Waals surface area contributed by atoms with Crippen LogP contribution in [0.5, 0.6) is 0 Å². The molecule has 0 heterocycles. The summed E-state index contributed by atoms with van der Waals surface area (Å²) in [6.45, 7) is 4.91. The molecule has 1 amide bonds. The van der Waals surface area contributed by atoms with Gasteiger partial charge in [-0.3, -0.25) is 9.59 Å². The number of esters is 1. The molecule has 0 bridgehead atoms. The van der Waals surface area contributed by atoms with Crippen LogP contribution in [-0.2, 0) is 14.3 Å². The molecule has 0 aromatic carbocycles. The minimum absolute atomic E-state index is 0.0201. The second kappa shape index (κ2) is 49.5. The first-order valence-corrected chi connectivity index (χ1v) is 26.8. The molecule has 59 heavy (non-hydrogen) atoms. The van der Waals surface area contributed by atoms with Crippen LogP contribution in [-0.4, -0.2) is 47.4 Å². The number of hydrogen-bond acceptors (Lipinski definition) is 5. The van der Waals surface area contributed by atoms with Crippen molar-refractivity contribution in [3.05, 3.63) is 0 Å². The van der Waals surface area contributed by atoms with Crippen molar-refractivity contribution >= 4 is 11.9 Å². The average molecular weight is 836 g/mol.